The number of rotatable bonds is 6. The molecular formula is C14H18O4. The van der Waals surface area contributed by atoms with Crippen molar-refractivity contribution in [3.63, 3.8) is 0 Å². The van der Waals surface area contributed by atoms with E-state index in [0.717, 1.165) is 12.2 Å². The van der Waals surface area contributed by atoms with Crippen molar-refractivity contribution in [2.75, 3.05) is 20.3 Å². The van der Waals surface area contributed by atoms with Crippen LogP contribution in [0.25, 0.3) is 0 Å². The van der Waals surface area contributed by atoms with Crippen LogP contribution in [0.4, 0.5) is 0 Å². The van der Waals surface area contributed by atoms with Gasteiger partial charge in [0.1, 0.15) is 5.75 Å². The fourth-order valence-electron chi connectivity index (χ4n) is 1.72. The number of benzene rings is 1. The molecule has 1 heterocycles. The van der Waals surface area contributed by atoms with Gasteiger partial charge in [-0.3, -0.25) is 0 Å². The minimum absolute atomic E-state index is 0.239. The number of carbonyl (C=O) groups excluding carboxylic acids is 1. The molecule has 1 fully saturated rings. The minimum Gasteiger partial charge on any atom is -0.497 e. The van der Waals surface area contributed by atoms with Crippen LogP contribution in [0.15, 0.2) is 24.3 Å². The molecule has 0 aliphatic carbocycles. The highest BCUT2D eigenvalue weighted by molar-refractivity contribution is 5.76. The molecule has 0 saturated carbocycles. The molecule has 0 spiro atoms. The Morgan fingerprint density at radius 1 is 1.44 bits per heavy atom. The van der Waals surface area contributed by atoms with E-state index in [0.29, 0.717) is 19.1 Å². The first kappa shape index (κ1) is 12.9. The van der Waals surface area contributed by atoms with Crippen molar-refractivity contribution in [2.24, 2.45) is 5.92 Å². The second-order valence-electron chi connectivity index (χ2n) is 4.61. The van der Waals surface area contributed by atoms with Crippen molar-refractivity contribution >= 4 is 5.97 Å². The highest BCUT2D eigenvalue weighted by Gasteiger charge is 2.33. The van der Waals surface area contributed by atoms with E-state index in [1.807, 2.05) is 24.3 Å². The molecule has 1 aromatic carbocycles. The van der Waals surface area contributed by atoms with E-state index in [1.165, 1.54) is 5.56 Å². The number of esters is 1. The van der Waals surface area contributed by atoms with Crippen molar-refractivity contribution < 1.29 is 19.0 Å². The van der Waals surface area contributed by atoms with Crippen LogP contribution < -0.4 is 4.74 Å². The fraction of sp³-hybridized carbons (Fsp3) is 0.500. The van der Waals surface area contributed by atoms with Crippen molar-refractivity contribution in [1.29, 1.82) is 0 Å². The molecule has 1 aliphatic rings. The van der Waals surface area contributed by atoms with Gasteiger partial charge in [0.05, 0.1) is 20.3 Å². The van der Waals surface area contributed by atoms with E-state index in [2.05, 4.69) is 6.92 Å². The molecule has 1 aliphatic heterocycles. The third kappa shape index (κ3) is 3.74. The first-order valence-corrected chi connectivity index (χ1v) is 6.10. The average molecular weight is 250 g/mol. The van der Waals surface area contributed by atoms with Gasteiger partial charge in [-0.25, -0.2) is 4.79 Å². The second kappa shape index (κ2) is 5.87. The van der Waals surface area contributed by atoms with Gasteiger partial charge in [0, 0.05) is 0 Å². The van der Waals surface area contributed by atoms with Crippen LogP contribution in [0, 0.1) is 5.92 Å². The van der Waals surface area contributed by atoms with Crippen molar-refractivity contribution in [1.82, 2.24) is 0 Å². The summed E-state index contributed by atoms with van der Waals surface area (Å²) in [6, 6.07) is 7.93. The summed E-state index contributed by atoms with van der Waals surface area (Å²) in [6.45, 7) is 3.00. The van der Waals surface area contributed by atoms with E-state index in [-0.39, 0.29) is 12.1 Å². The maximum atomic E-state index is 11.3. The van der Waals surface area contributed by atoms with Gasteiger partial charge >= 0.3 is 5.97 Å². The maximum Gasteiger partial charge on any atom is 0.337 e. The number of carbonyl (C=O) groups is 1. The molecule has 0 bridgehead atoms. The Hall–Kier alpha value is -1.55. The van der Waals surface area contributed by atoms with E-state index in [9.17, 15) is 4.79 Å². The lowest BCUT2D eigenvalue weighted by atomic mass is 10.0. The Bertz CT molecular complexity index is 395. The largest absolute Gasteiger partial charge is 0.497 e. The van der Waals surface area contributed by atoms with E-state index < -0.39 is 0 Å². The molecule has 4 nitrogen and oxygen atoms in total. The lowest BCUT2D eigenvalue weighted by Gasteiger charge is -2.12. The van der Waals surface area contributed by atoms with Crippen LogP contribution in [-0.2, 0) is 20.7 Å². The standard InChI is InChI=1S/C14H18O4/c1-10(8-18-14(15)13-9-17-13)7-11-3-5-12(16-2)6-4-11/h3-6,10,13H,7-9H2,1-2H3. The van der Waals surface area contributed by atoms with Gasteiger partial charge < -0.3 is 14.2 Å². The van der Waals surface area contributed by atoms with Gasteiger partial charge in [-0.2, -0.15) is 0 Å². The van der Waals surface area contributed by atoms with Gasteiger partial charge in [0.15, 0.2) is 6.10 Å². The SMILES string of the molecule is COc1ccc(CC(C)COC(=O)C2CO2)cc1. The van der Waals surface area contributed by atoms with E-state index in [4.69, 9.17) is 14.2 Å². The summed E-state index contributed by atoms with van der Waals surface area (Å²) in [6.07, 6.45) is 0.571. The van der Waals surface area contributed by atoms with Gasteiger partial charge in [0.2, 0.25) is 0 Å². The van der Waals surface area contributed by atoms with E-state index in [1.54, 1.807) is 7.11 Å². The van der Waals surface area contributed by atoms with Crippen LogP contribution in [0.2, 0.25) is 0 Å². The van der Waals surface area contributed by atoms with Gasteiger partial charge in [-0.1, -0.05) is 19.1 Å². The molecule has 98 valence electrons. The maximum absolute atomic E-state index is 11.3. The summed E-state index contributed by atoms with van der Waals surface area (Å²) >= 11 is 0. The average Bonchev–Trinajstić information content (AvgIpc) is 3.21. The Balaban J connectivity index is 1.75. The van der Waals surface area contributed by atoms with Crippen LogP contribution in [0.5, 0.6) is 5.75 Å². The summed E-state index contributed by atoms with van der Waals surface area (Å²) in [7, 11) is 1.65. The highest BCUT2D eigenvalue weighted by atomic mass is 16.6. The predicted molar refractivity (Wildman–Crippen MR) is 66.6 cm³/mol. The molecule has 0 N–H and O–H groups in total. The molecule has 2 rings (SSSR count). The quantitative estimate of drug-likeness (QED) is 0.570. The van der Waals surface area contributed by atoms with Gasteiger partial charge in [-0.05, 0) is 30.0 Å². The molecule has 0 radical (unpaired) electrons. The highest BCUT2D eigenvalue weighted by Crippen LogP contribution is 2.16. The fourth-order valence-corrected chi connectivity index (χ4v) is 1.72. The van der Waals surface area contributed by atoms with Crippen LogP contribution in [0.3, 0.4) is 0 Å². The number of hydrogen-bond acceptors (Lipinski definition) is 4. The molecule has 1 saturated heterocycles. The van der Waals surface area contributed by atoms with Crippen molar-refractivity contribution in [3.8, 4) is 5.75 Å². The zero-order chi connectivity index (χ0) is 13.0. The summed E-state index contributed by atoms with van der Waals surface area (Å²) in [5, 5.41) is 0. The van der Waals surface area contributed by atoms with Crippen molar-refractivity contribution in [3.05, 3.63) is 29.8 Å². The third-order valence-electron chi connectivity index (χ3n) is 2.85. The Morgan fingerprint density at radius 3 is 2.67 bits per heavy atom. The molecule has 1 aromatic rings. The molecule has 2 atom stereocenters. The summed E-state index contributed by atoms with van der Waals surface area (Å²) in [5.41, 5.74) is 1.21. The predicted octanol–water partition coefficient (Wildman–Crippen LogP) is 1.82. The summed E-state index contributed by atoms with van der Waals surface area (Å²) in [4.78, 5) is 11.3. The molecule has 0 amide bonds. The summed E-state index contributed by atoms with van der Waals surface area (Å²) in [5.74, 6) is 0.904. The Kier molecular flexibility index (Phi) is 4.20. The minimum atomic E-state index is -0.307. The zero-order valence-corrected chi connectivity index (χ0v) is 10.7. The Labute approximate surface area is 107 Å². The topological polar surface area (TPSA) is 48.1 Å². The zero-order valence-electron chi connectivity index (χ0n) is 10.7. The lowest BCUT2D eigenvalue weighted by molar-refractivity contribution is -0.146. The number of ether oxygens (including phenoxy) is 3. The molecule has 2 unspecified atom stereocenters. The first-order chi connectivity index (χ1) is 8.69. The van der Waals surface area contributed by atoms with Gasteiger partial charge in [-0.15, -0.1) is 0 Å². The molecule has 18 heavy (non-hydrogen) atoms. The van der Waals surface area contributed by atoms with Crippen LogP contribution in [-0.4, -0.2) is 32.4 Å². The number of methoxy groups -OCH3 is 1. The van der Waals surface area contributed by atoms with Gasteiger partial charge in [0.25, 0.3) is 0 Å². The summed E-state index contributed by atoms with van der Waals surface area (Å²) < 4.78 is 15.1. The molecule has 0 aromatic heterocycles. The molecule has 4 heteroatoms. The molecular weight excluding hydrogens is 232 g/mol. The van der Waals surface area contributed by atoms with Crippen LogP contribution in [0.1, 0.15) is 12.5 Å². The van der Waals surface area contributed by atoms with Crippen molar-refractivity contribution in [2.45, 2.75) is 19.4 Å². The number of epoxide rings is 1. The number of hydrogen-bond donors (Lipinski definition) is 0. The Morgan fingerprint density at radius 2 is 2.11 bits per heavy atom. The third-order valence-corrected chi connectivity index (χ3v) is 2.85. The second-order valence-corrected chi connectivity index (χ2v) is 4.61. The lowest BCUT2D eigenvalue weighted by Crippen LogP contribution is -2.17. The normalized spacial score (nSPS) is 19.1. The van der Waals surface area contributed by atoms with Crippen LogP contribution >= 0.6 is 0 Å². The van der Waals surface area contributed by atoms with E-state index >= 15 is 0 Å². The first-order valence-electron chi connectivity index (χ1n) is 6.10. The monoisotopic (exact) mass is 250 g/mol. The smallest absolute Gasteiger partial charge is 0.337 e.